The zero-order valence-electron chi connectivity index (χ0n) is 13.2. The maximum atomic E-state index is 12.0. The van der Waals surface area contributed by atoms with Gasteiger partial charge < -0.3 is 16.1 Å². The molecule has 2 aromatic rings. The molecule has 0 atom stereocenters. The summed E-state index contributed by atoms with van der Waals surface area (Å²) in [4.78, 5) is 12.0. The van der Waals surface area contributed by atoms with Crippen LogP contribution in [0.1, 0.15) is 29.0 Å². The molecule has 0 unspecified atom stereocenters. The first-order valence-electron chi connectivity index (χ1n) is 7.59. The van der Waals surface area contributed by atoms with Crippen LogP contribution in [0.15, 0.2) is 48.5 Å². The molecule has 0 spiro atoms. The molecule has 0 fully saturated rings. The Balaban J connectivity index is 1.97. The zero-order chi connectivity index (χ0) is 16.7. The van der Waals surface area contributed by atoms with Crippen molar-refractivity contribution in [1.29, 1.82) is 10.8 Å². The van der Waals surface area contributed by atoms with E-state index in [-0.39, 0.29) is 11.8 Å². The van der Waals surface area contributed by atoms with Crippen molar-refractivity contribution in [3.63, 3.8) is 0 Å². The molecule has 0 aliphatic carbocycles. The Morgan fingerprint density at radius 2 is 1.83 bits per heavy atom. The second-order valence-corrected chi connectivity index (χ2v) is 5.46. The van der Waals surface area contributed by atoms with E-state index in [2.05, 4.69) is 5.32 Å². The third kappa shape index (κ3) is 4.61. The smallest absolute Gasteiger partial charge is 0.224 e. The fraction of sp³-hybridized carbons (Fsp3) is 0.211. The van der Waals surface area contributed by atoms with Crippen molar-refractivity contribution in [3.8, 4) is 0 Å². The van der Waals surface area contributed by atoms with Crippen LogP contribution in [-0.4, -0.2) is 18.3 Å². The molecule has 0 saturated heterocycles. The lowest BCUT2D eigenvalue weighted by Gasteiger charge is -2.12. The summed E-state index contributed by atoms with van der Waals surface area (Å²) in [7, 11) is 0. The molecule has 118 valence electrons. The Labute approximate surface area is 136 Å². The van der Waals surface area contributed by atoms with E-state index in [0.29, 0.717) is 12.8 Å². The molecule has 3 N–H and O–H groups in total. The fourth-order valence-electron chi connectivity index (χ4n) is 2.48. The third-order valence-electron chi connectivity index (χ3n) is 3.76. The topological polar surface area (TPSA) is 76.8 Å². The summed E-state index contributed by atoms with van der Waals surface area (Å²) < 4.78 is 0. The van der Waals surface area contributed by atoms with E-state index < -0.39 is 0 Å². The molecule has 23 heavy (non-hydrogen) atoms. The van der Waals surface area contributed by atoms with Crippen LogP contribution in [0.3, 0.4) is 0 Å². The van der Waals surface area contributed by atoms with Crippen LogP contribution in [0.2, 0.25) is 0 Å². The molecule has 0 heterocycles. The minimum Gasteiger partial charge on any atom is -0.326 e. The summed E-state index contributed by atoms with van der Waals surface area (Å²) >= 11 is 0. The predicted molar refractivity (Wildman–Crippen MR) is 94.9 cm³/mol. The van der Waals surface area contributed by atoms with Crippen molar-refractivity contribution in [2.24, 2.45) is 0 Å². The Morgan fingerprint density at radius 1 is 1.13 bits per heavy atom. The second-order valence-electron chi connectivity index (χ2n) is 5.46. The molecule has 0 aliphatic rings. The molecule has 0 aromatic heterocycles. The molecule has 2 aromatic carbocycles. The molecular formula is C19H21N3O. The van der Waals surface area contributed by atoms with Gasteiger partial charge in [0, 0.05) is 24.5 Å². The molecule has 4 heteroatoms. The summed E-state index contributed by atoms with van der Waals surface area (Å²) in [5.74, 6) is -0.325. The first kappa shape index (κ1) is 16.6. The number of amides is 1. The van der Waals surface area contributed by atoms with Gasteiger partial charge in [-0.25, -0.2) is 0 Å². The van der Waals surface area contributed by atoms with Crippen molar-refractivity contribution in [2.45, 2.75) is 25.7 Å². The predicted octanol–water partition coefficient (Wildman–Crippen LogP) is 3.95. The number of hydrogen-bond acceptors (Lipinski definition) is 3. The normalized spacial score (nSPS) is 11.5. The van der Waals surface area contributed by atoms with Gasteiger partial charge >= 0.3 is 0 Å². The average molecular weight is 307 g/mol. The SMILES string of the molecule is Cc1cc(NC(=O)CCc2ccccc2)ccc1C(C=N)C=N. The number of carbonyl (C=O) groups is 1. The van der Waals surface area contributed by atoms with E-state index in [1.165, 1.54) is 12.4 Å². The Kier molecular flexibility index (Phi) is 5.80. The van der Waals surface area contributed by atoms with Gasteiger partial charge in [-0.15, -0.1) is 0 Å². The summed E-state index contributed by atoms with van der Waals surface area (Å²) in [6.07, 6.45) is 3.64. The number of anilines is 1. The molecule has 0 aliphatic heterocycles. The lowest BCUT2D eigenvalue weighted by Crippen LogP contribution is -2.13. The van der Waals surface area contributed by atoms with E-state index >= 15 is 0 Å². The number of carbonyl (C=O) groups excluding carboxylic acids is 1. The van der Waals surface area contributed by atoms with Gasteiger partial charge in [0.1, 0.15) is 0 Å². The van der Waals surface area contributed by atoms with Gasteiger partial charge in [-0.05, 0) is 42.2 Å². The molecule has 0 saturated carbocycles. The highest BCUT2D eigenvalue weighted by molar-refractivity contribution is 5.92. The van der Waals surface area contributed by atoms with E-state index in [1.807, 2.05) is 55.5 Å². The first-order valence-corrected chi connectivity index (χ1v) is 7.59. The van der Waals surface area contributed by atoms with Gasteiger partial charge in [0.15, 0.2) is 0 Å². The highest BCUT2D eigenvalue weighted by atomic mass is 16.1. The fourth-order valence-corrected chi connectivity index (χ4v) is 2.48. The van der Waals surface area contributed by atoms with E-state index in [9.17, 15) is 4.79 Å². The van der Waals surface area contributed by atoms with Gasteiger partial charge in [-0.1, -0.05) is 36.4 Å². The number of rotatable bonds is 7. The van der Waals surface area contributed by atoms with Crippen LogP contribution < -0.4 is 5.32 Å². The largest absolute Gasteiger partial charge is 0.326 e. The standard InChI is InChI=1S/C19H21N3O/c1-14-11-17(8-9-18(14)16(12-20)13-21)22-19(23)10-7-15-5-3-2-4-6-15/h2-6,8-9,11-13,16,20-21H,7,10H2,1H3,(H,22,23). The van der Waals surface area contributed by atoms with Crippen molar-refractivity contribution < 1.29 is 4.79 Å². The van der Waals surface area contributed by atoms with Crippen LogP contribution in [0.25, 0.3) is 0 Å². The molecule has 0 radical (unpaired) electrons. The monoisotopic (exact) mass is 307 g/mol. The summed E-state index contributed by atoms with van der Waals surface area (Å²) in [5, 5.41) is 17.6. The quantitative estimate of drug-likeness (QED) is 0.665. The van der Waals surface area contributed by atoms with Crippen molar-refractivity contribution >= 4 is 24.0 Å². The van der Waals surface area contributed by atoms with E-state index in [0.717, 1.165) is 22.4 Å². The van der Waals surface area contributed by atoms with Crippen LogP contribution in [-0.2, 0) is 11.2 Å². The second kappa shape index (κ2) is 8.03. The van der Waals surface area contributed by atoms with Gasteiger partial charge in [0.2, 0.25) is 5.91 Å². The van der Waals surface area contributed by atoms with Crippen LogP contribution in [0, 0.1) is 17.7 Å². The van der Waals surface area contributed by atoms with E-state index in [1.54, 1.807) is 0 Å². The Bertz CT molecular complexity index is 687. The van der Waals surface area contributed by atoms with Gasteiger partial charge in [-0.3, -0.25) is 4.79 Å². The maximum Gasteiger partial charge on any atom is 0.224 e. The van der Waals surface area contributed by atoms with E-state index in [4.69, 9.17) is 10.8 Å². The lowest BCUT2D eigenvalue weighted by molar-refractivity contribution is -0.116. The number of benzene rings is 2. The summed E-state index contributed by atoms with van der Waals surface area (Å²) in [5.41, 5.74) is 3.77. The van der Waals surface area contributed by atoms with Gasteiger partial charge in [0.05, 0.1) is 5.92 Å². The Morgan fingerprint density at radius 3 is 2.43 bits per heavy atom. The number of nitrogens with one attached hydrogen (secondary N) is 3. The Hall–Kier alpha value is -2.75. The van der Waals surface area contributed by atoms with Crippen LogP contribution in [0.4, 0.5) is 5.69 Å². The lowest BCUT2D eigenvalue weighted by atomic mass is 9.96. The molecule has 0 bridgehead atoms. The maximum absolute atomic E-state index is 12.0. The highest BCUT2D eigenvalue weighted by Crippen LogP contribution is 2.21. The molecular weight excluding hydrogens is 286 g/mol. The third-order valence-corrected chi connectivity index (χ3v) is 3.76. The van der Waals surface area contributed by atoms with Crippen LogP contribution in [0.5, 0.6) is 0 Å². The first-order chi connectivity index (χ1) is 11.1. The van der Waals surface area contributed by atoms with Crippen LogP contribution >= 0.6 is 0 Å². The van der Waals surface area contributed by atoms with Gasteiger partial charge in [0.25, 0.3) is 0 Å². The molecule has 4 nitrogen and oxygen atoms in total. The zero-order valence-corrected chi connectivity index (χ0v) is 13.2. The average Bonchev–Trinajstić information content (AvgIpc) is 2.57. The highest BCUT2D eigenvalue weighted by Gasteiger charge is 2.10. The summed E-state index contributed by atoms with van der Waals surface area (Å²) in [6.45, 7) is 1.93. The number of hydrogen-bond donors (Lipinski definition) is 3. The summed E-state index contributed by atoms with van der Waals surface area (Å²) in [6, 6.07) is 15.5. The minimum absolute atomic E-state index is 0.0170. The van der Waals surface area contributed by atoms with Gasteiger partial charge in [-0.2, -0.15) is 0 Å². The van der Waals surface area contributed by atoms with Crippen molar-refractivity contribution in [1.82, 2.24) is 0 Å². The molecule has 1 amide bonds. The van der Waals surface area contributed by atoms with Crippen molar-refractivity contribution in [3.05, 3.63) is 65.2 Å². The molecule has 2 rings (SSSR count). The van der Waals surface area contributed by atoms with Crippen molar-refractivity contribution in [2.75, 3.05) is 5.32 Å². The minimum atomic E-state index is -0.308. The number of aryl methyl sites for hydroxylation is 2.